The fourth-order valence-corrected chi connectivity index (χ4v) is 4.15. The van der Waals surface area contributed by atoms with Gasteiger partial charge in [0.25, 0.3) is 0 Å². The Bertz CT molecular complexity index is 1120. The molecule has 0 N–H and O–H groups in total. The van der Waals surface area contributed by atoms with Gasteiger partial charge in [-0.2, -0.15) is 0 Å². The molecule has 0 heterocycles. The topological polar surface area (TPSA) is 0 Å². The molecule has 0 heteroatoms. The molecule has 0 aliphatic rings. The van der Waals surface area contributed by atoms with Crippen molar-refractivity contribution in [3.05, 3.63) is 131 Å². The first-order valence-corrected chi connectivity index (χ1v) is 11.7. The fraction of sp³-hybridized carbons (Fsp3) is 0.188. The molecule has 0 saturated carbocycles. The Morgan fingerprint density at radius 1 is 0.594 bits per heavy atom. The van der Waals surface area contributed by atoms with Crippen LogP contribution in [0.4, 0.5) is 0 Å². The van der Waals surface area contributed by atoms with Crippen LogP contribution in [0.3, 0.4) is 0 Å². The number of benzene rings is 4. The van der Waals surface area contributed by atoms with Gasteiger partial charge in [0.1, 0.15) is 0 Å². The summed E-state index contributed by atoms with van der Waals surface area (Å²) < 4.78 is 0. The summed E-state index contributed by atoms with van der Waals surface area (Å²) in [4.78, 5) is 0. The Kier molecular flexibility index (Phi) is 7.35. The Morgan fingerprint density at radius 3 is 1.66 bits per heavy atom. The van der Waals surface area contributed by atoms with Gasteiger partial charge in [-0.05, 0) is 57.7 Å². The highest BCUT2D eigenvalue weighted by atomic mass is 14.1. The average molecular weight is 417 g/mol. The third-order valence-corrected chi connectivity index (χ3v) is 6.10. The Balaban J connectivity index is 1.38. The summed E-state index contributed by atoms with van der Waals surface area (Å²) in [6.45, 7) is 4.52. The van der Waals surface area contributed by atoms with Crippen LogP contribution in [0.1, 0.15) is 54.0 Å². The molecule has 0 aliphatic carbocycles. The van der Waals surface area contributed by atoms with E-state index in [9.17, 15) is 0 Å². The van der Waals surface area contributed by atoms with E-state index < -0.39 is 0 Å². The maximum absolute atomic E-state index is 2.30. The molecular formula is C32H32. The van der Waals surface area contributed by atoms with Crippen LogP contribution >= 0.6 is 0 Å². The lowest BCUT2D eigenvalue weighted by Crippen LogP contribution is -1.98. The first kappa shape index (κ1) is 21.8. The van der Waals surface area contributed by atoms with Gasteiger partial charge >= 0.3 is 0 Å². The van der Waals surface area contributed by atoms with E-state index in [4.69, 9.17) is 0 Å². The molecule has 1 unspecified atom stereocenters. The lowest BCUT2D eigenvalue weighted by Gasteiger charge is -2.12. The van der Waals surface area contributed by atoms with Gasteiger partial charge in [0.15, 0.2) is 0 Å². The SMILES string of the molecule is CCCc1ccc(/C=C/c2ccc(-c3ccc(CC(C)c4ccccc4)cc3)cc2)cc1. The van der Waals surface area contributed by atoms with Crippen molar-refractivity contribution in [2.75, 3.05) is 0 Å². The molecule has 0 bridgehead atoms. The molecule has 0 amide bonds. The number of rotatable bonds is 8. The highest BCUT2D eigenvalue weighted by Gasteiger charge is 2.06. The summed E-state index contributed by atoms with van der Waals surface area (Å²) in [6, 6.07) is 37.5. The molecule has 0 aliphatic heterocycles. The van der Waals surface area contributed by atoms with Crippen LogP contribution in [0.25, 0.3) is 23.3 Å². The molecule has 0 nitrogen and oxygen atoms in total. The van der Waals surface area contributed by atoms with Gasteiger partial charge in [0.2, 0.25) is 0 Å². The highest BCUT2D eigenvalue weighted by Crippen LogP contribution is 2.24. The largest absolute Gasteiger partial charge is 0.0651 e. The van der Waals surface area contributed by atoms with Crippen molar-refractivity contribution < 1.29 is 0 Å². The molecule has 4 rings (SSSR count). The minimum absolute atomic E-state index is 0.524. The van der Waals surface area contributed by atoms with Crippen LogP contribution in [-0.2, 0) is 12.8 Å². The smallest absolute Gasteiger partial charge is 0.0150 e. The zero-order valence-electron chi connectivity index (χ0n) is 19.2. The number of hydrogen-bond acceptors (Lipinski definition) is 0. The van der Waals surface area contributed by atoms with Crippen LogP contribution < -0.4 is 0 Å². The number of aryl methyl sites for hydroxylation is 1. The molecule has 160 valence electrons. The van der Waals surface area contributed by atoms with Crippen LogP contribution in [0, 0.1) is 0 Å². The second kappa shape index (κ2) is 10.8. The first-order chi connectivity index (χ1) is 15.7. The van der Waals surface area contributed by atoms with Gasteiger partial charge < -0.3 is 0 Å². The van der Waals surface area contributed by atoms with E-state index in [0.717, 1.165) is 12.8 Å². The van der Waals surface area contributed by atoms with Crippen molar-refractivity contribution in [3.63, 3.8) is 0 Å². The van der Waals surface area contributed by atoms with E-state index in [1.807, 2.05) is 0 Å². The Hall–Kier alpha value is -3.38. The van der Waals surface area contributed by atoms with E-state index in [1.165, 1.54) is 45.4 Å². The summed E-state index contributed by atoms with van der Waals surface area (Å²) in [5.74, 6) is 0.524. The second-order valence-corrected chi connectivity index (χ2v) is 8.66. The van der Waals surface area contributed by atoms with Crippen molar-refractivity contribution in [1.82, 2.24) is 0 Å². The van der Waals surface area contributed by atoms with Crippen molar-refractivity contribution in [1.29, 1.82) is 0 Å². The normalized spacial score (nSPS) is 12.2. The third kappa shape index (κ3) is 5.86. The Labute approximate surface area is 193 Å². The van der Waals surface area contributed by atoms with Crippen molar-refractivity contribution in [3.8, 4) is 11.1 Å². The van der Waals surface area contributed by atoms with E-state index in [-0.39, 0.29) is 0 Å². The predicted molar refractivity (Wildman–Crippen MR) is 140 cm³/mol. The van der Waals surface area contributed by atoms with Gasteiger partial charge in [-0.3, -0.25) is 0 Å². The van der Waals surface area contributed by atoms with Gasteiger partial charge in [-0.25, -0.2) is 0 Å². The van der Waals surface area contributed by atoms with Crippen LogP contribution in [0.15, 0.2) is 103 Å². The van der Waals surface area contributed by atoms with Crippen LogP contribution in [0.2, 0.25) is 0 Å². The summed E-state index contributed by atoms with van der Waals surface area (Å²) in [5.41, 5.74) is 9.19. The van der Waals surface area contributed by atoms with Gasteiger partial charge in [0, 0.05) is 0 Å². The fourth-order valence-electron chi connectivity index (χ4n) is 4.15. The summed E-state index contributed by atoms with van der Waals surface area (Å²) in [6.07, 6.45) is 7.78. The van der Waals surface area contributed by atoms with E-state index in [2.05, 4.69) is 129 Å². The molecule has 0 radical (unpaired) electrons. The first-order valence-electron chi connectivity index (χ1n) is 11.7. The van der Waals surface area contributed by atoms with E-state index in [1.54, 1.807) is 0 Å². The monoisotopic (exact) mass is 416 g/mol. The molecular weight excluding hydrogens is 384 g/mol. The van der Waals surface area contributed by atoms with E-state index in [0.29, 0.717) is 5.92 Å². The lowest BCUT2D eigenvalue weighted by atomic mass is 9.93. The highest BCUT2D eigenvalue weighted by molar-refractivity contribution is 5.72. The maximum Gasteiger partial charge on any atom is -0.0150 e. The van der Waals surface area contributed by atoms with Crippen molar-refractivity contribution in [2.24, 2.45) is 0 Å². The predicted octanol–water partition coefficient (Wildman–Crippen LogP) is 8.82. The van der Waals surface area contributed by atoms with Gasteiger partial charge in [0.05, 0.1) is 0 Å². The zero-order valence-corrected chi connectivity index (χ0v) is 19.2. The van der Waals surface area contributed by atoms with Gasteiger partial charge in [-0.1, -0.05) is 136 Å². The third-order valence-electron chi connectivity index (χ3n) is 6.10. The minimum atomic E-state index is 0.524. The van der Waals surface area contributed by atoms with Gasteiger partial charge in [-0.15, -0.1) is 0 Å². The van der Waals surface area contributed by atoms with E-state index >= 15 is 0 Å². The molecule has 1 atom stereocenters. The molecule has 0 aromatic heterocycles. The summed E-state index contributed by atoms with van der Waals surface area (Å²) >= 11 is 0. The van der Waals surface area contributed by atoms with Crippen LogP contribution in [-0.4, -0.2) is 0 Å². The second-order valence-electron chi connectivity index (χ2n) is 8.66. The molecule has 0 saturated heterocycles. The maximum atomic E-state index is 2.30. The zero-order chi connectivity index (χ0) is 22.2. The molecule has 32 heavy (non-hydrogen) atoms. The molecule has 4 aromatic carbocycles. The molecule has 4 aromatic rings. The Morgan fingerprint density at radius 2 is 1.09 bits per heavy atom. The molecule has 0 fully saturated rings. The van der Waals surface area contributed by atoms with Crippen molar-refractivity contribution in [2.45, 2.75) is 39.0 Å². The minimum Gasteiger partial charge on any atom is -0.0651 e. The van der Waals surface area contributed by atoms with Crippen molar-refractivity contribution >= 4 is 12.2 Å². The standard InChI is InChI=1S/C32H32/c1-3-7-26-10-12-27(13-11-26)14-15-28-16-20-31(21-17-28)32-22-18-29(19-23-32)24-25(2)30-8-5-4-6-9-30/h4-6,8-23,25H,3,7,24H2,1-2H3/b15-14+. The summed E-state index contributed by atoms with van der Waals surface area (Å²) in [5, 5.41) is 0. The van der Waals surface area contributed by atoms with Crippen LogP contribution in [0.5, 0.6) is 0 Å². The molecule has 0 spiro atoms. The average Bonchev–Trinajstić information content (AvgIpc) is 2.85. The number of hydrogen-bond donors (Lipinski definition) is 0. The quantitative estimate of drug-likeness (QED) is 0.252. The summed E-state index contributed by atoms with van der Waals surface area (Å²) in [7, 11) is 0. The lowest BCUT2D eigenvalue weighted by molar-refractivity contribution is 0.759.